The summed E-state index contributed by atoms with van der Waals surface area (Å²) in [4.78, 5) is 25.9. The van der Waals surface area contributed by atoms with Crippen LogP contribution in [0.15, 0.2) is 57.7 Å². The van der Waals surface area contributed by atoms with Gasteiger partial charge >= 0.3 is 5.76 Å². The lowest BCUT2D eigenvalue weighted by molar-refractivity contribution is -0.131. The van der Waals surface area contributed by atoms with Crippen molar-refractivity contribution in [3.63, 3.8) is 0 Å². The van der Waals surface area contributed by atoms with E-state index in [9.17, 15) is 9.59 Å². The van der Waals surface area contributed by atoms with Gasteiger partial charge in [0.05, 0.1) is 17.1 Å². The van der Waals surface area contributed by atoms with Crippen molar-refractivity contribution in [2.24, 2.45) is 0 Å². The zero-order valence-electron chi connectivity index (χ0n) is 13.1. The molecule has 1 heterocycles. The van der Waals surface area contributed by atoms with Crippen molar-refractivity contribution in [1.29, 1.82) is 5.26 Å². The molecule has 0 aliphatic carbocycles. The van der Waals surface area contributed by atoms with Crippen LogP contribution in [0.4, 0.5) is 0 Å². The highest BCUT2D eigenvalue weighted by molar-refractivity contribution is 5.79. The zero-order valence-corrected chi connectivity index (χ0v) is 13.1. The molecule has 1 aromatic heterocycles. The molecule has 0 saturated carbocycles. The third-order valence-electron chi connectivity index (χ3n) is 3.80. The predicted octanol–water partition coefficient (Wildman–Crippen LogP) is 2.12. The van der Waals surface area contributed by atoms with E-state index >= 15 is 0 Å². The molecule has 0 radical (unpaired) electrons. The van der Waals surface area contributed by atoms with E-state index in [2.05, 4.69) is 6.07 Å². The van der Waals surface area contributed by atoms with Gasteiger partial charge in [-0.2, -0.15) is 5.26 Å². The van der Waals surface area contributed by atoms with Gasteiger partial charge in [-0.15, -0.1) is 0 Å². The van der Waals surface area contributed by atoms with Crippen LogP contribution < -0.4 is 5.76 Å². The first-order valence-electron chi connectivity index (χ1n) is 7.40. The third-order valence-corrected chi connectivity index (χ3v) is 3.80. The van der Waals surface area contributed by atoms with Crippen molar-refractivity contribution in [2.45, 2.75) is 13.1 Å². The van der Waals surface area contributed by atoms with Crippen LogP contribution in [0.1, 0.15) is 11.1 Å². The Bertz CT molecular complexity index is 977. The van der Waals surface area contributed by atoms with Gasteiger partial charge in [-0.25, -0.2) is 4.79 Å². The molecule has 6 nitrogen and oxygen atoms in total. The minimum atomic E-state index is -0.545. The fourth-order valence-electron chi connectivity index (χ4n) is 2.47. The van der Waals surface area contributed by atoms with Gasteiger partial charge in [0, 0.05) is 13.6 Å². The second-order valence-electron chi connectivity index (χ2n) is 5.48. The number of oxazole rings is 1. The van der Waals surface area contributed by atoms with E-state index in [0.29, 0.717) is 23.2 Å². The van der Waals surface area contributed by atoms with Crippen LogP contribution in [0.5, 0.6) is 0 Å². The number of carbonyl (C=O) groups excluding carboxylic acids is 1. The third kappa shape index (κ3) is 3.06. The van der Waals surface area contributed by atoms with E-state index in [1.807, 2.05) is 12.1 Å². The number of rotatable bonds is 4. The number of fused-ring (bicyclic) bond motifs is 1. The van der Waals surface area contributed by atoms with Gasteiger partial charge in [-0.1, -0.05) is 24.3 Å². The molecule has 0 fully saturated rings. The zero-order chi connectivity index (χ0) is 17.1. The molecular weight excluding hydrogens is 306 g/mol. The first-order chi connectivity index (χ1) is 11.6. The first-order valence-corrected chi connectivity index (χ1v) is 7.40. The quantitative estimate of drug-likeness (QED) is 0.737. The van der Waals surface area contributed by atoms with Crippen molar-refractivity contribution in [3.05, 3.63) is 70.2 Å². The lowest BCUT2D eigenvalue weighted by Gasteiger charge is -2.17. The molecular formula is C18H15N3O3. The van der Waals surface area contributed by atoms with Gasteiger partial charge < -0.3 is 9.32 Å². The van der Waals surface area contributed by atoms with Crippen molar-refractivity contribution in [2.75, 3.05) is 7.05 Å². The lowest BCUT2D eigenvalue weighted by Crippen LogP contribution is -2.32. The minimum absolute atomic E-state index is 0.0807. The van der Waals surface area contributed by atoms with Gasteiger partial charge in [0.2, 0.25) is 5.91 Å². The van der Waals surface area contributed by atoms with E-state index in [1.54, 1.807) is 43.4 Å². The monoisotopic (exact) mass is 321 g/mol. The van der Waals surface area contributed by atoms with E-state index in [0.717, 1.165) is 5.56 Å². The molecule has 3 aromatic rings. The molecule has 2 aromatic carbocycles. The molecule has 0 N–H and O–H groups in total. The number of aromatic nitrogens is 1. The second-order valence-corrected chi connectivity index (χ2v) is 5.48. The van der Waals surface area contributed by atoms with Gasteiger partial charge in [0.1, 0.15) is 6.54 Å². The molecule has 1 amide bonds. The molecule has 0 saturated heterocycles. The van der Waals surface area contributed by atoms with Gasteiger partial charge in [-0.3, -0.25) is 9.36 Å². The minimum Gasteiger partial charge on any atom is -0.408 e. The van der Waals surface area contributed by atoms with Crippen molar-refractivity contribution in [3.8, 4) is 6.07 Å². The van der Waals surface area contributed by atoms with Gasteiger partial charge in [0.15, 0.2) is 5.58 Å². The summed E-state index contributed by atoms with van der Waals surface area (Å²) in [5.41, 5.74) is 2.55. The van der Waals surface area contributed by atoms with Gasteiger partial charge in [0.25, 0.3) is 0 Å². The lowest BCUT2D eigenvalue weighted by atomic mass is 10.1. The van der Waals surface area contributed by atoms with Crippen molar-refractivity contribution >= 4 is 17.0 Å². The summed E-state index contributed by atoms with van der Waals surface area (Å²) in [6.07, 6.45) is 0. The molecule has 3 rings (SSSR count). The summed E-state index contributed by atoms with van der Waals surface area (Å²) in [5.74, 6) is -0.746. The second kappa shape index (κ2) is 6.42. The highest BCUT2D eigenvalue weighted by Gasteiger charge is 2.15. The van der Waals surface area contributed by atoms with E-state index in [4.69, 9.17) is 9.68 Å². The topological polar surface area (TPSA) is 79.2 Å². The molecule has 0 aliphatic heterocycles. The molecule has 120 valence electrons. The van der Waals surface area contributed by atoms with Crippen molar-refractivity contribution < 1.29 is 9.21 Å². The fraction of sp³-hybridized carbons (Fsp3) is 0.167. The van der Waals surface area contributed by atoms with Crippen LogP contribution in [-0.4, -0.2) is 22.4 Å². The number of hydrogen-bond acceptors (Lipinski definition) is 4. The highest BCUT2D eigenvalue weighted by atomic mass is 16.4. The number of hydrogen-bond donors (Lipinski definition) is 0. The van der Waals surface area contributed by atoms with E-state index < -0.39 is 5.76 Å². The Morgan fingerprint density at radius 3 is 2.62 bits per heavy atom. The fourth-order valence-corrected chi connectivity index (χ4v) is 2.47. The molecule has 0 spiro atoms. The summed E-state index contributed by atoms with van der Waals surface area (Å²) in [5, 5.41) is 8.80. The number of amides is 1. The number of benzene rings is 2. The van der Waals surface area contributed by atoms with E-state index in [-0.39, 0.29) is 12.5 Å². The Morgan fingerprint density at radius 2 is 1.92 bits per heavy atom. The standard InChI is InChI=1S/C18H15N3O3/c1-20(11-14-8-6-13(10-19)7-9-14)17(22)12-21-15-4-2-3-5-16(15)24-18(21)23/h2-9H,11-12H2,1H3. The number of para-hydroxylation sites is 2. The normalized spacial score (nSPS) is 10.5. The Hall–Kier alpha value is -3.33. The summed E-state index contributed by atoms with van der Waals surface area (Å²) < 4.78 is 6.46. The predicted molar refractivity (Wildman–Crippen MR) is 88.1 cm³/mol. The number of nitriles is 1. The van der Waals surface area contributed by atoms with Crippen LogP contribution in [0.2, 0.25) is 0 Å². The first kappa shape index (κ1) is 15.6. The Morgan fingerprint density at radius 1 is 1.21 bits per heavy atom. The molecule has 24 heavy (non-hydrogen) atoms. The van der Waals surface area contributed by atoms with Crippen LogP contribution in [-0.2, 0) is 17.9 Å². The Labute approximate surface area is 138 Å². The molecule has 0 aliphatic rings. The van der Waals surface area contributed by atoms with Gasteiger partial charge in [-0.05, 0) is 29.8 Å². The molecule has 0 bridgehead atoms. The average Bonchev–Trinajstić information content (AvgIpc) is 2.91. The summed E-state index contributed by atoms with van der Waals surface area (Å²) >= 11 is 0. The Balaban J connectivity index is 1.75. The maximum atomic E-state index is 12.4. The Kier molecular flexibility index (Phi) is 4.17. The maximum Gasteiger partial charge on any atom is 0.420 e. The number of carbonyl (C=O) groups is 1. The maximum absolute atomic E-state index is 12.4. The summed E-state index contributed by atoms with van der Waals surface area (Å²) in [7, 11) is 1.67. The van der Waals surface area contributed by atoms with E-state index in [1.165, 1.54) is 9.47 Å². The van der Waals surface area contributed by atoms with Crippen LogP contribution in [0.25, 0.3) is 11.1 Å². The van der Waals surface area contributed by atoms with Crippen LogP contribution in [0.3, 0.4) is 0 Å². The molecule has 0 atom stereocenters. The largest absolute Gasteiger partial charge is 0.420 e. The average molecular weight is 321 g/mol. The highest BCUT2D eigenvalue weighted by Crippen LogP contribution is 2.12. The SMILES string of the molecule is CN(Cc1ccc(C#N)cc1)C(=O)Cn1c(=O)oc2ccccc21. The van der Waals surface area contributed by atoms with Crippen LogP contribution in [0, 0.1) is 11.3 Å². The smallest absolute Gasteiger partial charge is 0.408 e. The summed E-state index contributed by atoms with van der Waals surface area (Å²) in [6.45, 7) is 0.317. The molecule has 6 heteroatoms. The number of likely N-dealkylation sites (N-methyl/N-ethyl adjacent to an activating group) is 1. The van der Waals surface area contributed by atoms with Crippen molar-refractivity contribution in [1.82, 2.24) is 9.47 Å². The number of nitrogens with zero attached hydrogens (tertiary/aromatic N) is 3. The van der Waals surface area contributed by atoms with Crippen LogP contribution >= 0.6 is 0 Å². The molecule has 0 unspecified atom stereocenters. The summed E-state index contributed by atoms with van der Waals surface area (Å²) in [6, 6.07) is 16.1.